The van der Waals surface area contributed by atoms with E-state index in [1.807, 2.05) is 13.0 Å². The highest BCUT2D eigenvalue weighted by molar-refractivity contribution is 9.10. The monoisotopic (exact) mass is 302 g/mol. The van der Waals surface area contributed by atoms with Crippen molar-refractivity contribution < 1.29 is 9.66 Å². The highest BCUT2D eigenvalue weighted by Crippen LogP contribution is 2.27. The number of halogens is 1. The Bertz CT molecular complexity index is 398. The van der Waals surface area contributed by atoms with Gasteiger partial charge in [0.2, 0.25) is 0 Å². The third kappa shape index (κ3) is 4.07. The van der Waals surface area contributed by atoms with Crippen molar-refractivity contribution in [2.45, 2.75) is 19.6 Å². The van der Waals surface area contributed by atoms with Crippen LogP contribution in [0, 0.1) is 10.1 Å². The quantitative estimate of drug-likeness (QED) is 0.648. The standard InChI is InChI=1S/C11H15BrN2O3/c1-8(17-2)6-13-7-9-4-3-5-10(11(9)12)14(15)16/h3-5,8,13H,6-7H2,1-2H3. The van der Waals surface area contributed by atoms with E-state index in [2.05, 4.69) is 21.2 Å². The van der Waals surface area contributed by atoms with Crippen LogP contribution >= 0.6 is 15.9 Å². The lowest BCUT2D eigenvalue weighted by molar-refractivity contribution is -0.385. The molecule has 0 heterocycles. The Morgan fingerprint density at radius 1 is 1.59 bits per heavy atom. The van der Waals surface area contributed by atoms with Crippen LogP contribution in [-0.4, -0.2) is 24.7 Å². The molecule has 1 rings (SSSR count). The summed E-state index contributed by atoms with van der Waals surface area (Å²) in [5, 5.41) is 13.9. The van der Waals surface area contributed by atoms with Crippen molar-refractivity contribution in [2.24, 2.45) is 0 Å². The summed E-state index contributed by atoms with van der Waals surface area (Å²) in [6, 6.07) is 5.01. The minimum Gasteiger partial charge on any atom is -0.380 e. The predicted molar refractivity (Wildman–Crippen MR) is 69.0 cm³/mol. The summed E-state index contributed by atoms with van der Waals surface area (Å²) in [5.41, 5.74) is 0.951. The molecule has 0 saturated carbocycles. The van der Waals surface area contributed by atoms with Crippen molar-refractivity contribution in [2.75, 3.05) is 13.7 Å². The van der Waals surface area contributed by atoms with Crippen LogP contribution in [0.1, 0.15) is 12.5 Å². The van der Waals surface area contributed by atoms with Gasteiger partial charge in [-0.1, -0.05) is 12.1 Å². The number of nitro groups is 1. The third-order valence-corrected chi connectivity index (χ3v) is 3.32. The molecule has 0 aliphatic carbocycles. The van der Waals surface area contributed by atoms with Crippen LogP contribution in [0.4, 0.5) is 5.69 Å². The molecular weight excluding hydrogens is 288 g/mol. The Hall–Kier alpha value is -0.980. The zero-order valence-corrected chi connectivity index (χ0v) is 11.4. The summed E-state index contributed by atoms with van der Waals surface area (Å²) < 4.78 is 5.63. The van der Waals surface area contributed by atoms with E-state index >= 15 is 0 Å². The Morgan fingerprint density at radius 2 is 2.29 bits per heavy atom. The number of rotatable bonds is 6. The molecule has 1 aromatic rings. The van der Waals surface area contributed by atoms with Gasteiger partial charge >= 0.3 is 0 Å². The molecule has 0 aromatic heterocycles. The maximum atomic E-state index is 10.7. The van der Waals surface area contributed by atoms with Crippen molar-refractivity contribution in [3.8, 4) is 0 Å². The molecule has 0 bridgehead atoms. The second-order valence-corrected chi connectivity index (χ2v) is 4.48. The van der Waals surface area contributed by atoms with Gasteiger partial charge in [-0.25, -0.2) is 0 Å². The molecule has 0 amide bonds. The van der Waals surface area contributed by atoms with Gasteiger partial charge in [0.25, 0.3) is 5.69 Å². The van der Waals surface area contributed by atoms with Crippen LogP contribution in [0.2, 0.25) is 0 Å². The normalized spacial score (nSPS) is 12.4. The van der Waals surface area contributed by atoms with Gasteiger partial charge in [-0.3, -0.25) is 10.1 Å². The smallest absolute Gasteiger partial charge is 0.283 e. The van der Waals surface area contributed by atoms with Gasteiger partial charge in [0.1, 0.15) is 0 Å². The summed E-state index contributed by atoms with van der Waals surface area (Å²) in [4.78, 5) is 10.3. The fraction of sp³-hybridized carbons (Fsp3) is 0.455. The SMILES string of the molecule is COC(C)CNCc1cccc([N+](=O)[O-])c1Br. The highest BCUT2D eigenvalue weighted by atomic mass is 79.9. The average Bonchev–Trinajstić information content (AvgIpc) is 2.30. The van der Waals surface area contributed by atoms with Gasteiger partial charge in [0, 0.05) is 26.3 Å². The van der Waals surface area contributed by atoms with Crippen molar-refractivity contribution in [1.29, 1.82) is 0 Å². The first-order chi connectivity index (χ1) is 8.06. The van der Waals surface area contributed by atoms with Crippen LogP contribution in [0.3, 0.4) is 0 Å². The summed E-state index contributed by atoms with van der Waals surface area (Å²) >= 11 is 3.25. The van der Waals surface area contributed by atoms with Gasteiger partial charge in [-0.2, -0.15) is 0 Å². The summed E-state index contributed by atoms with van der Waals surface area (Å²) in [6.45, 7) is 3.22. The molecule has 0 aliphatic heterocycles. The first-order valence-electron chi connectivity index (χ1n) is 5.21. The van der Waals surface area contributed by atoms with Crippen LogP contribution in [0.5, 0.6) is 0 Å². The lowest BCUT2D eigenvalue weighted by atomic mass is 10.2. The van der Waals surface area contributed by atoms with Crippen LogP contribution in [0.15, 0.2) is 22.7 Å². The van der Waals surface area contributed by atoms with Crippen molar-refractivity contribution >= 4 is 21.6 Å². The number of nitro benzene ring substituents is 1. The van der Waals surface area contributed by atoms with E-state index in [1.54, 1.807) is 13.2 Å². The van der Waals surface area contributed by atoms with Crippen LogP contribution in [0.25, 0.3) is 0 Å². The largest absolute Gasteiger partial charge is 0.380 e. The number of ether oxygens (including phenoxy) is 1. The number of hydrogen-bond donors (Lipinski definition) is 1. The number of hydrogen-bond acceptors (Lipinski definition) is 4. The van der Waals surface area contributed by atoms with E-state index in [0.717, 1.165) is 5.56 Å². The zero-order valence-electron chi connectivity index (χ0n) is 9.77. The number of benzene rings is 1. The van der Waals surface area contributed by atoms with Crippen molar-refractivity contribution in [3.63, 3.8) is 0 Å². The molecule has 17 heavy (non-hydrogen) atoms. The molecule has 0 aliphatic rings. The van der Waals surface area contributed by atoms with E-state index < -0.39 is 4.92 Å². The molecule has 1 atom stereocenters. The molecule has 0 radical (unpaired) electrons. The molecule has 0 fully saturated rings. The van der Waals surface area contributed by atoms with E-state index in [1.165, 1.54) is 6.07 Å². The Labute approximate surface area is 108 Å². The van der Waals surface area contributed by atoms with Gasteiger partial charge in [0.05, 0.1) is 15.5 Å². The van der Waals surface area contributed by atoms with Gasteiger partial charge in [-0.05, 0) is 28.4 Å². The third-order valence-electron chi connectivity index (χ3n) is 2.40. The topological polar surface area (TPSA) is 64.4 Å². The minimum absolute atomic E-state index is 0.0871. The Kier molecular flexibility index (Phi) is 5.54. The minimum atomic E-state index is -0.397. The molecule has 6 heteroatoms. The summed E-state index contributed by atoms with van der Waals surface area (Å²) in [7, 11) is 1.65. The van der Waals surface area contributed by atoms with Gasteiger partial charge < -0.3 is 10.1 Å². The first kappa shape index (κ1) is 14.1. The van der Waals surface area contributed by atoms with E-state index in [9.17, 15) is 10.1 Å². The second-order valence-electron chi connectivity index (χ2n) is 3.68. The first-order valence-corrected chi connectivity index (χ1v) is 6.00. The maximum Gasteiger partial charge on any atom is 0.283 e. The van der Waals surface area contributed by atoms with E-state index in [4.69, 9.17) is 4.74 Å². The molecule has 0 spiro atoms. The zero-order chi connectivity index (χ0) is 12.8. The number of methoxy groups -OCH3 is 1. The van der Waals surface area contributed by atoms with Gasteiger partial charge in [0.15, 0.2) is 0 Å². The summed E-state index contributed by atoms with van der Waals surface area (Å²) in [6.07, 6.45) is 0.118. The molecule has 5 nitrogen and oxygen atoms in total. The second kappa shape index (κ2) is 6.68. The van der Waals surface area contributed by atoms with E-state index in [0.29, 0.717) is 17.6 Å². The fourth-order valence-electron chi connectivity index (χ4n) is 1.34. The Balaban J connectivity index is 2.66. The molecule has 1 unspecified atom stereocenters. The Morgan fingerprint density at radius 3 is 2.88 bits per heavy atom. The molecular formula is C11H15BrN2O3. The van der Waals surface area contributed by atoms with Crippen LogP contribution < -0.4 is 5.32 Å². The average molecular weight is 303 g/mol. The highest BCUT2D eigenvalue weighted by Gasteiger charge is 2.14. The molecule has 1 N–H and O–H groups in total. The van der Waals surface area contributed by atoms with E-state index in [-0.39, 0.29) is 11.8 Å². The van der Waals surface area contributed by atoms with Crippen molar-refractivity contribution in [1.82, 2.24) is 5.32 Å². The molecule has 0 saturated heterocycles. The van der Waals surface area contributed by atoms with Crippen LogP contribution in [-0.2, 0) is 11.3 Å². The molecule has 1 aromatic carbocycles. The number of nitrogens with one attached hydrogen (secondary N) is 1. The maximum absolute atomic E-state index is 10.7. The lowest BCUT2D eigenvalue weighted by Gasteiger charge is -2.11. The van der Waals surface area contributed by atoms with Crippen molar-refractivity contribution in [3.05, 3.63) is 38.3 Å². The molecule has 94 valence electrons. The number of nitrogens with zero attached hydrogens (tertiary/aromatic N) is 1. The summed E-state index contributed by atoms with van der Waals surface area (Å²) in [5.74, 6) is 0. The predicted octanol–water partition coefficient (Wildman–Crippen LogP) is 2.48. The fourth-order valence-corrected chi connectivity index (χ4v) is 1.89. The van der Waals surface area contributed by atoms with Gasteiger partial charge in [-0.15, -0.1) is 0 Å². The lowest BCUT2D eigenvalue weighted by Crippen LogP contribution is -2.25.